The lowest BCUT2D eigenvalue weighted by Gasteiger charge is -2.19. The Kier molecular flexibility index (Phi) is 4.01. The molecule has 1 unspecified atom stereocenters. The summed E-state index contributed by atoms with van der Waals surface area (Å²) in [5.41, 5.74) is 6.31. The molecule has 1 atom stereocenters. The van der Waals surface area contributed by atoms with Gasteiger partial charge in [-0.3, -0.25) is 9.59 Å². The largest absolute Gasteiger partial charge is 0.397 e. The van der Waals surface area contributed by atoms with E-state index in [-0.39, 0.29) is 33.4 Å². The summed E-state index contributed by atoms with van der Waals surface area (Å²) in [5, 5.41) is -0.249. The summed E-state index contributed by atoms with van der Waals surface area (Å²) in [7, 11) is 0. The van der Waals surface area contributed by atoms with E-state index in [2.05, 4.69) is 0 Å². The van der Waals surface area contributed by atoms with Gasteiger partial charge in [0.1, 0.15) is 5.82 Å². The Hall–Kier alpha value is -1.27. The fourth-order valence-electron chi connectivity index (χ4n) is 2.01. The van der Waals surface area contributed by atoms with Gasteiger partial charge in [-0.15, -0.1) is 0 Å². The topological polar surface area (TPSA) is 63.4 Å². The van der Waals surface area contributed by atoms with Gasteiger partial charge in [-0.2, -0.15) is 0 Å². The lowest BCUT2D eigenvalue weighted by molar-refractivity contribution is -0.117. The minimum atomic E-state index is -0.624. The lowest BCUT2D eigenvalue weighted by Crippen LogP contribution is -2.26. The molecule has 19 heavy (non-hydrogen) atoms. The van der Waals surface area contributed by atoms with Gasteiger partial charge in [0.2, 0.25) is 5.91 Å². The van der Waals surface area contributed by atoms with E-state index in [9.17, 15) is 14.0 Å². The normalized spacial score (nSPS) is 19.0. The minimum absolute atomic E-state index is 0.0464. The highest BCUT2D eigenvalue weighted by Crippen LogP contribution is 2.34. The molecule has 1 aliphatic heterocycles. The molecule has 2 N–H and O–H groups in total. The van der Waals surface area contributed by atoms with E-state index in [1.807, 2.05) is 0 Å². The van der Waals surface area contributed by atoms with Crippen molar-refractivity contribution >= 4 is 45.8 Å². The standard InChI is InChI=1S/C12H12ClFN2O2S/c1-6(17)19-7-2-12(18)16(5-7)11-4-9(14)8(13)3-10(11)15/h3-4,7H,2,5,15H2,1H3. The Bertz CT molecular complexity index is 553. The van der Waals surface area contributed by atoms with Crippen LogP contribution in [-0.4, -0.2) is 22.8 Å². The number of nitrogens with two attached hydrogens (primary N) is 1. The van der Waals surface area contributed by atoms with Crippen molar-refractivity contribution in [1.82, 2.24) is 0 Å². The van der Waals surface area contributed by atoms with Gasteiger partial charge >= 0.3 is 0 Å². The second-order valence-corrected chi connectivity index (χ2v) is 6.15. The van der Waals surface area contributed by atoms with Gasteiger partial charge < -0.3 is 10.6 Å². The van der Waals surface area contributed by atoms with E-state index < -0.39 is 5.82 Å². The summed E-state index contributed by atoms with van der Waals surface area (Å²) in [6.45, 7) is 1.79. The second kappa shape index (κ2) is 5.38. The summed E-state index contributed by atoms with van der Waals surface area (Å²) < 4.78 is 13.5. The number of nitrogen functional groups attached to an aromatic ring is 1. The SMILES string of the molecule is CC(=O)SC1CC(=O)N(c2cc(F)c(Cl)cc2N)C1. The Morgan fingerprint density at radius 3 is 2.89 bits per heavy atom. The summed E-state index contributed by atoms with van der Waals surface area (Å²) in [5.74, 6) is -0.798. The predicted octanol–water partition coefficient (Wildman–Crippen LogP) is 2.45. The number of nitrogens with zero attached hydrogens (tertiary/aromatic N) is 1. The molecule has 0 aromatic heterocycles. The molecule has 1 saturated heterocycles. The molecule has 0 aliphatic carbocycles. The van der Waals surface area contributed by atoms with Crippen molar-refractivity contribution in [2.75, 3.05) is 17.2 Å². The monoisotopic (exact) mass is 302 g/mol. The van der Waals surface area contributed by atoms with E-state index in [0.717, 1.165) is 17.8 Å². The molecule has 0 radical (unpaired) electrons. The summed E-state index contributed by atoms with van der Waals surface area (Å²) in [6, 6.07) is 2.43. The zero-order valence-corrected chi connectivity index (χ0v) is 11.7. The van der Waals surface area contributed by atoms with Crippen LogP contribution in [0.15, 0.2) is 12.1 Å². The molecule has 0 saturated carbocycles. The maximum atomic E-state index is 13.5. The third kappa shape index (κ3) is 3.01. The van der Waals surface area contributed by atoms with Crippen LogP contribution in [0.1, 0.15) is 13.3 Å². The summed E-state index contributed by atoms with van der Waals surface area (Å²) >= 11 is 6.73. The average molecular weight is 303 g/mol. The van der Waals surface area contributed by atoms with Crippen molar-refractivity contribution in [2.45, 2.75) is 18.6 Å². The maximum absolute atomic E-state index is 13.5. The molecule has 2 rings (SSSR count). The predicted molar refractivity (Wildman–Crippen MR) is 74.9 cm³/mol. The van der Waals surface area contributed by atoms with E-state index in [0.29, 0.717) is 12.2 Å². The zero-order chi connectivity index (χ0) is 14.2. The van der Waals surface area contributed by atoms with E-state index in [1.165, 1.54) is 17.9 Å². The van der Waals surface area contributed by atoms with Crippen LogP contribution in [0.25, 0.3) is 0 Å². The van der Waals surface area contributed by atoms with Crippen molar-refractivity contribution in [2.24, 2.45) is 0 Å². The number of anilines is 2. The number of carbonyl (C=O) groups excluding carboxylic acids is 2. The van der Waals surface area contributed by atoms with E-state index in [1.54, 1.807) is 0 Å². The number of hydrogen-bond donors (Lipinski definition) is 1. The van der Waals surface area contributed by atoms with Gasteiger partial charge in [-0.25, -0.2) is 4.39 Å². The summed E-state index contributed by atoms with van der Waals surface area (Å²) in [6.07, 6.45) is 0.244. The first-order chi connectivity index (χ1) is 8.88. The van der Waals surface area contributed by atoms with Crippen molar-refractivity contribution in [1.29, 1.82) is 0 Å². The first kappa shape index (κ1) is 14.1. The van der Waals surface area contributed by atoms with Crippen molar-refractivity contribution in [3.8, 4) is 0 Å². The van der Waals surface area contributed by atoms with E-state index in [4.69, 9.17) is 17.3 Å². The van der Waals surface area contributed by atoms with Crippen molar-refractivity contribution in [3.05, 3.63) is 23.0 Å². The van der Waals surface area contributed by atoms with Gasteiger partial charge in [-0.05, 0) is 6.07 Å². The van der Waals surface area contributed by atoms with Gasteiger partial charge in [0.05, 0.1) is 16.4 Å². The number of halogens is 2. The Morgan fingerprint density at radius 1 is 1.58 bits per heavy atom. The van der Waals surface area contributed by atoms with E-state index >= 15 is 0 Å². The molecule has 4 nitrogen and oxygen atoms in total. The van der Waals surface area contributed by atoms with Crippen molar-refractivity contribution in [3.63, 3.8) is 0 Å². The number of amides is 1. The zero-order valence-electron chi connectivity index (χ0n) is 10.2. The number of rotatable bonds is 2. The highest BCUT2D eigenvalue weighted by atomic mass is 35.5. The van der Waals surface area contributed by atoms with Crippen LogP contribution < -0.4 is 10.6 Å². The van der Waals surface area contributed by atoms with Crippen LogP contribution in [0.2, 0.25) is 5.02 Å². The van der Waals surface area contributed by atoms with Gasteiger partial charge in [0, 0.05) is 31.2 Å². The van der Waals surface area contributed by atoms with Crippen LogP contribution in [0.5, 0.6) is 0 Å². The third-order valence-corrected chi connectivity index (χ3v) is 4.05. The molecule has 1 aromatic carbocycles. The first-order valence-electron chi connectivity index (χ1n) is 5.60. The second-order valence-electron chi connectivity index (χ2n) is 4.27. The molecule has 1 aliphatic rings. The number of carbonyl (C=O) groups is 2. The van der Waals surface area contributed by atoms with Crippen LogP contribution in [0, 0.1) is 5.82 Å². The quantitative estimate of drug-likeness (QED) is 0.852. The molecule has 1 amide bonds. The minimum Gasteiger partial charge on any atom is -0.397 e. The fraction of sp³-hybridized carbons (Fsp3) is 0.333. The fourth-order valence-corrected chi connectivity index (χ4v) is 3.10. The number of benzene rings is 1. The molecule has 1 heterocycles. The van der Waals surface area contributed by atoms with Gasteiger partial charge in [0.25, 0.3) is 0 Å². The lowest BCUT2D eigenvalue weighted by atomic mass is 10.2. The highest BCUT2D eigenvalue weighted by molar-refractivity contribution is 8.14. The Labute approximate surface area is 119 Å². The molecule has 102 valence electrons. The molecule has 0 spiro atoms. The molecule has 1 fully saturated rings. The van der Waals surface area contributed by atoms with Gasteiger partial charge in [-0.1, -0.05) is 23.4 Å². The third-order valence-electron chi connectivity index (χ3n) is 2.78. The Balaban J connectivity index is 2.25. The first-order valence-corrected chi connectivity index (χ1v) is 6.86. The van der Waals surface area contributed by atoms with Crippen LogP contribution in [0.4, 0.5) is 15.8 Å². The number of thioether (sulfide) groups is 1. The molecule has 0 bridgehead atoms. The van der Waals surface area contributed by atoms with Crippen LogP contribution in [0.3, 0.4) is 0 Å². The molecule has 1 aromatic rings. The van der Waals surface area contributed by atoms with Crippen molar-refractivity contribution < 1.29 is 14.0 Å². The number of hydrogen-bond acceptors (Lipinski definition) is 4. The summed E-state index contributed by atoms with van der Waals surface area (Å²) in [4.78, 5) is 24.3. The van der Waals surface area contributed by atoms with Gasteiger partial charge in [0.15, 0.2) is 5.12 Å². The highest BCUT2D eigenvalue weighted by Gasteiger charge is 2.33. The molecular formula is C12H12ClFN2O2S. The average Bonchev–Trinajstić information content (AvgIpc) is 2.63. The molecular weight excluding hydrogens is 291 g/mol. The smallest absolute Gasteiger partial charge is 0.228 e. The maximum Gasteiger partial charge on any atom is 0.228 e. The van der Waals surface area contributed by atoms with Crippen LogP contribution >= 0.6 is 23.4 Å². The van der Waals surface area contributed by atoms with Crippen LogP contribution in [-0.2, 0) is 9.59 Å². The molecule has 7 heteroatoms. The Morgan fingerprint density at radius 2 is 2.26 bits per heavy atom.